The van der Waals surface area contributed by atoms with Crippen molar-refractivity contribution in [1.29, 1.82) is 0 Å². The summed E-state index contributed by atoms with van der Waals surface area (Å²) in [5, 5.41) is 0.964. The van der Waals surface area contributed by atoms with Crippen LogP contribution in [0.4, 0.5) is 5.69 Å². The second kappa shape index (κ2) is 6.16. The molecular formula is C20H19NO4. The molecule has 25 heavy (non-hydrogen) atoms. The number of ether oxygens (including phenoxy) is 2. The van der Waals surface area contributed by atoms with Gasteiger partial charge in [-0.15, -0.1) is 0 Å². The van der Waals surface area contributed by atoms with Crippen molar-refractivity contribution in [3.05, 3.63) is 64.0 Å². The number of methoxy groups -OCH3 is 1. The summed E-state index contributed by atoms with van der Waals surface area (Å²) in [6.07, 6.45) is 0.776. The van der Waals surface area contributed by atoms with Gasteiger partial charge in [-0.2, -0.15) is 0 Å². The Hall–Kier alpha value is -2.95. The fourth-order valence-corrected chi connectivity index (χ4v) is 3.34. The van der Waals surface area contributed by atoms with Gasteiger partial charge in [0.2, 0.25) is 0 Å². The standard InChI is InChI=1S/C20H19NO4/c1-3-13-10-19(22)25-20-14(13)8-9-17-15(20)11-21(12-24-17)16-6-4-5-7-18(16)23-2/h4-10H,3,11-12H2,1-2H3. The Bertz CT molecular complexity index is 993. The zero-order valence-electron chi connectivity index (χ0n) is 14.2. The average molecular weight is 337 g/mol. The third-order valence-electron chi connectivity index (χ3n) is 4.59. The topological polar surface area (TPSA) is 51.9 Å². The summed E-state index contributed by atoms with van der Waals surface area (Å²) in [4.78, 5) is 14.0. The van der Waals surface area contributed by atoms with E-state index in [1.165, 1.54) is 0 Å². The molecule has 2 aromatic carbocycles. The molecule has 0 radical (unpaired) electrons. The van der Waals surface area contributed by atoms with Crippen LogP contribution in [-0.2, 0) is 13.0 Å². The van der Waals surface area contributed by atoms with Crippen LogP contribution < -0.4 is 20.0 Å². The van der Waals surface area contributed by atoms with Crippen LogP contribution in [0, 0.1) is 0 Å². The highest BCUT2D eigenvalue weighted by molar-refractivity contribution is 5.86. The minimum atomic E-state index is -0.327. The summed E-state index contributed by atoms with van der Waals surface area (Å²) in [6, 6.07) is 13.3. The molecule has 5 heteroatoms. The molecule has 0 saturated carbocycles. The van der Waals surface area contributed by atoms with E-state index in [9.17, 15) is 4.79 Å². The maximum Gasteiger partial charge on any atom is 0.336 e. The van der Waals surface area contributed by atoms with E-state index >= 15 is 0 Å². The third kappa shape index (κ3) is 2.61. The van der Waals surface area contributed by atoms with Gasteiger partial charge in [-0.05, 0) is 36.2 Å². The van der Waals surface area contributed by atoms with Crippen LogP contribution >= 0.6 is 0 Å². The van der Waals surface area contributed by atoms with Gasteiger partial charge in [0.05, 0.1) is 24.9 Å². The molecule has 128 valence electrons. The summed E-state index contributed by atoms with van der Waals surface area (Å²) >= 11 is 0. The molecule has 0 saturated heterocycles. The summed E-state index contributed by atoms with van der Waals surface area (Å²) < 4.78 is 16.9. The fraction of sp³-hybridized carbons (Fsp3) is 0.250. The van der Waals surface area contributed by atoms with E-state index in [1.54, 1.807) is 13.2 Å². The van der Waals surface area contributed by atoms with Crippen molar-refractivity contribution in [3.8, 4) is 11.5 Å². The second-order valence-corrected chi connectivity index (χ2v) is 6.01. The molecule has 0 bridgehead atoms. The van der Waals surface area contributed by atoms with Gasteiger partial charge >= 0.3 is 5.63 Å². The van der Waals surface area contributed by atoms with Gasteiger partial charge in [0, 0.05) is 11.5 Å². The van der Waals surface area contributed by atoms with Gasteiger partial charge in [-0.25, -0.2) is 4.79 Å². The van der Waals surface area contributed by atoms with E-state index < -0.39 is 0 Å². The number of hydrogen-bond donors (Lipinski definition) is 0. The first kappa shape index (κ1) is 15.6. The average Bonchev–Trinajstić information content (AvgIpc) is 2.66. The molecule has 0 N–H and O–H groups in total. The van der Waals surface area contributed by atoms with E-state index in [4.69, 9.17) is 13.9 Å². The Labute approximate surface area is 145 Å². The number of benzene rings is 2. The van der Waals surface area contributed by atoms with Crippen LogP contribution in [0.25, 0.3) is 11.0 Å². The number of para-hydroxylation sites is 2. The monoisotopic (exact) mass is 337 g/mol. The molecule has 5 nitrogen and oxygen atoms in total. The predicted octanol–water partition coefficient (Wildman–Crippen LogP) is 3.72. The SMILES string of the molecule is CCc1cc(=O)oc2c3c(ccc12)OCN(c1ccccc1OC)C3. The molecule has 0 fully saturated rings. The highest BCUT2D eigenvalue weighted by Gasteiger charge is 2.24. The minimum absolute atomic E-state index is 0.327. The Balaban J connectivity index is 1.85. The van der Waals surface area contributed by atoms with E-state index in [-0.39, 0.29) is 5.63 Å². The summed E-state index contributed by atoms with van der Waals surface area (Å²) in [5.74, 6) is 1.54. The minimum Gasteiger partial charge on any atom is -0.495 e. The zero-order valence-corrected chi connectivity index (χ0v) is 14.2. The first-order valence-electron chi connectivity index (χ1n) is 8.30. The number of aryl methyl sites for hydroxylation is 1. The van der Waals surface area contributed by atoms with Crippen molar-refractivity contribution < 1.29 is 13.9 Å². The maximum atomic E-state index is 12.0. The van der Waals surface area contributed by atoms with Crippen LogP contribution in [-0.4, -0.2) is 13.8 Å². The van der Waals surface area contributed by atoms with Crippen LogP contribution in [0.3, 0.4) is 0 Å². The van der Waals surface area contributed by atoms with E-state index in [2.05, 4.69) is 4.90 Å². The molecule has 1 aromatic heterocycles. The van der Waals surface area contributed by atoms with Crippen LogP contribution in [0.5, 0.6) is 11.5 Å². The molecule has 2 heterocycles. The van der Waals surface area contributed by atoms with Crippen LogP contribution in [0.15, 0.2) is 51.7 Å². The molecule has 0 amide bonds. The predicted molar refractivity (Wildman–Crippen MR) is 96.5 cm³/mol. The van der Waals surface area contributed by atoms with Gasteiger partial charge in [-0.3, -0.25) is 0 Å². The summed E-state index contributed by atoms with van der Waals surface area (Å²) in [7, 11) is 1.65. The molecule has 1 aliphatic rings. The first-order valence-corrected chi connectivity index (χ1v) is 8.30. The molecule has 0 atom stereocenters. The first-order chi connectivity index (χ1) is 12.2. The number of nitrogens with zero attached hydrogens (tertiary/aromatic N) is 1. The Morgan fingerprint density at radius 3 is 2.84 bits per heavy atom. The largest absolute Gasteiger partial charge is 0.495 e. The van der Waals surface area contributed by atoms with Crippen molar-refractivity contribution in [2.45, 2.75) is 19.9 Å². The van der Waals surface area contributed by atoms with Crippen molar-refractivity contribution in [2.24, 2.45) is 0 Å². The number of hydrogen-bond acceptors (Lipinski definition) is 5. The van der Waals surface area contributed by atoms with E-state index in [1.807, 2.05) is 43.3 Å². The highest BCUT2D eigenvalue weighted by Crippen LogP contribution is 2.37. The molecule has 3 aromatic rings. The maximum absolute atomic E-state index is 12.0. The normalized spacial score (nSPS) is 13.4. The van der Waals surface area contributed by atoms with Crippen molar-refractivity contribution in [1.82, 2.24) is 0 Å². The fourth-order valence-electron chi connectivity index (χ4n) is 3.34. The lowest BCUT2D eigenvalue weighted by Gasteiger charge is -2.31. The van der Waals surface area contributed by atoms with Gasteiger partial charge in [0.15, 0.2) is 6.73 Å². The lowest BCUT2D eigenvalue weighted by Crippen LogP contribution is -2.32. The molecule has 0 unspecified atom stereocenters. The van der Waals surface area contributed by atoms with Crippen molar-refractivity contribution in [2.75, 3.05) is 18.7 Å². The Kier molecular flexibility index (Phi) is 3.84. The lowest BCUT2D eigenvalue weighted by atomic mass is 10.0. The molecule has 4 rings (SSSR count). The van der Waals surface area contributed by atoms with Gasteiger partial charge in [0.25, 0.3) is 0 Å². The molecule has 1 aliphatic heterocycles. The summed E-state index contributed by atoms with van der Waals surface area (Å²) in [6.45, 7) is 3.03. The third-order valence-corrected chi connectivity index (χ3v) is 4.59. The smallest absolute Gasteiger partial charge is 0.336 e. The Morgan fingerprint density at radius 2 is 2.04 bits per heavy atom. The highest BCUT2D eigenvalue weighted by atomic mass is 16.5. The number of rotatable bonds is 3. The molecule has 0 spiro atoms. The molecular weight excluding hydrogens is 318 g/mol. The van der Waals surface area contributed by atoms with Crippen LogP contribution in [0.1, 0.15) is 18.1 Å². The summed E-state index contributed by atoms with van der Waals surface area (Å²) in [5.41, 5.74) is 3.11. The van der Waals surface area contributed by atoms with Crippen molar-refractivity contribution in [3.63, 3.8) is 0 Å². The van der Waals surface area contributed by atoms with E-state index in [0.29, 0.717) is 18.9 Å². The van der Waals surface area contributed by atoms with E-state index in [0.717, 1.165) is 40.1 Å². The number of anilines is 1. The van der Waals surface area contributed by atoms with Gasteiger partial charge in [0.1, 0.15) is 17.1 Å². The molecule has 0 aliphatic carbocycles. The van der Waals surface area contributed by atoms with Crippen LogP contribution in [0.2, 0.25) is 0 Å². The van der Waals surface area contributed by atoms with Gasteiger partial charge < -0.3 is 18.8 Å². The number of fused-ring (bicyclic) bond motifs is 3. The van der Waals surface area contributed by atoms with Gasteiger partial charge in [-0.1, -0.05) is 19.1 Å². The zero-order chi connectivity index (χ0) is 17.4. The Morgan fingerprint density at radius 1 is 1.20 bits per heavy atom. The van der Waals surface area contributed by atoms with Crippen molar-refractivity contribution >= 4 is 16.7 Å². The quantitative estimate of drug-likeness (QED) is 0.682. The second-order valence-electron chi connectivity index (χ2n) is 6.01. The lowest BCUT2D eigenvalue weighted by molar-refractivity contribution is 0.287.